The van der Waals surface area contributed by atoms with Crippen LogP contribution in [0.15, 0.2) is 18.3 Å². The molecule has 2 saturated heterocycles. The molecule has 2 amide bonds. The summed E-state index contributed by atoms with van der Waals surface area (Å²) in [4.78, 5) is 31.6. The molecule has 1 N–H and O–H groups in total. The predicted molar refractivity (Wildman–Crippen MR) is 102 cm³/mol. The third kappa shape index (κ3) is 5.39. The van der Waals surface area contributed by atoms with Crippen molar-refractivity contribution >= 4 is 17.6 Å². The van der Waals surface area contributed by atoms with E-state index in [2.05, 4.69) is 10.3 Å². The molecule has 3 rings (SSSR count). The molecule has 1 aromatic rings. The Morgan fingerprint density at radius 3 is 2.83 bits per heavy atom. The minimum Gasteiger partial charge on any atom is -0.355 e. The molecular formula is C20H27F3N4O2. The fraction of sp³-hybridized carbons (Fsp3) is 0.650. The van der Waals surface area contributed by atoms with Gasteiger partial charge in [0, 0.05) is 45.3 Å². The van der Waals surface area contributed by atoms with Crippen LogP contribution in [-0.4, -0.2) is 54.4 Å². The van der Waals surface area contributed by atoms with Gasteiger partial charge in [0.15, 0.2) is 0 Å². The van der Waals surface area contributed by atoms with Crippen molar-refractivity contribution in [3.63, 3.8) is 0 Å². The van der Waals surface area contributed by atoms with Crippen LogP contribution in [0.5, 0.6) is 0 Å². The maximum atomic E-state index is 13.3. The number of nitrogens with one attached hydrogen (secondary N) is 1. The highest BCUT2D eigenvalue weighted by Crippen LogP contribution is 2.36. The van der Waals surface area contributed by atoms with E-state index in [9.17, 15) is 22.8 Å². The van der Waals surface area contributed by atoms with Crippen LogP contribution >= 0.6 is 0 Å². The van der Waals surface area contributed by atoms with Gasteiger partial charge in [0.2, 0.25) is 11.8 Å². The number of hydrogen-bond acceptors (Lipinski definition) is 4. The number of carbonyl (C=O) groups excluding carboxylic acids is 2. The zero-order valence-corrected chi connectivity index (χ0v) is 16.5. The molecule has 0 saturated carbocycles. The number of anilines is 1. The fourth-order valence-corrected chi connectivity index (χ4v) is 4.01. The van der Waals surface area contributed by atoms with Crippen molar-refractivity contribution in [1.29, 1.82) is 0 Å². The second kappa shape index (κ2) is 9.00. The van der Waals surface area contributed by atoms with E-state index >= 15 is 0 Å². The average molecular weight is 412 g/mol. The normalized spacial score (nSPS) is 21.4. The number of nitrogens with zero attached hydrogens (tertiary/aromatic N) is 3. The predicted octanol–water partition coefficient (Wildman–Crippen LogP) is 2.69. The van der Waals surface area contributed by atoms with Crippen molar-refractivity contribution < 1.29 is 22.8 Å². The van der Waals surface area contributed by atoms with E-state index in [0.29, 0.717) is 38.9 Å². The summed E-state index contributed by atoms with van der Waals surface area (Å²) >= 11 is 0. The number of carbonyl (C=O) groups is 2. The van der Waals surface area contributed by atoms with Crippen LogP contribution in [0, 0.1) is 11.8 Å². The summed E-state index contributed by atoms with van der Waals surface area (Å²) in [6.45, 7) is 4.44. The van der Waals surface area contributed by atoms with Gasteiger partial charge in [-0.15, -0.1) is 0 Å². The number of hydrogen-bond donors (Lipinski definition) is 1. The van der Waals surface area contributed by atoms with E-state index in [0.717, 1.165) is 19.0 Å². The Hall–Kier alpha value is -2.32. The SMILES string of the molecule is C[C@@H](CNC(=O)[C@@H]1CCCN(c2ncccc2C(F)(F)F)C1)CN1CCCC1=O. The minimum atomic E-state index is -4.48. The highest BCUT2D eigenvalue weighted by Gasteiger charge is 2.37. The molecule has 0 spiro atoms. The van der Waals surface area contributed by atoms with Gasteiger partial charge in [-0.05, 0) is 37.3 Å². The Balaban J connectivity index is 1.55. The van der Waals surface area contributed by atoms with Gasteiger partial charge in [0.05, 0.1) is 11.5 Å². The first-order valence-electron chi connectivity index (χ1n) is 10.1. The van der Waals surface area contributed by atoms with Gasteiger partial charge in [0.25, 0.3) is 0 Å². The van der Waals surface area contributed by atoms with Gasteiger partial charge in [-0.2, -0.15) is 13.2 Å². The van der Waals surface area contributed by atoms with Crippen LogP contribution in [0.25, 0.3) is 0 Å². The summed E-state index contributed by atoms with van der Waals surface area (Å²) in [6, 6.07) is 2.29. The maximum Gasteiger partial charge on any atom is 0.419 e. The van der Waals surface area contributed by atoms with E-state index in [1.807, 2.05) is 11.8 Å². The zero-order valence-electron chi connectivity index (χ0n) is 16.5. The molecule has 160 valence electrons. The number of piperidine rings is 1. The molecule has 1 aromatic heterocycles. The standard InChI is InChI=1S/C20H27F3N4O2/c1-14(12-26-9-4-7-17(26)28)11-25-19(29)15-5-3-10-27(13-15)18-16(20(21,22)23)6-2-8-24-18/h2,6,8,14-15H,3-5,7,9-13H2,1H3,(H,25,29)/t14-,15+/m0/s1. The summed E-state index contributed by atoms with van der Waals surface area (Å²) in [5, 5.41) is 2.91. The molecule has 29 heavy (non-hydrogen) atoms. The molecule has 2 fully saturated rings. The van der Waals surface area contributed by atoms with E-state index in [-0.39, 0.29) is 36.0 Å². The zero-order chi connectivity index (χ0) is 21.0. The molecule has 2 aliphatic rings. The third-order valence-electron chi connectivity index (χ3n) is 5.51. The van der Waals surface area contributed by atoms with Crippen molar-refractivity contribution in [2.75, 3.05) is 37.6 Å². The second-order valence-electron chi connectivity index (χ2n) is 7.95. The lowest BCUT2D eigenvalue weighted by Gasteiger charge is -2.34. The van der Waals surface area contributed by atoms with Crippen LogP contribution < -0.4 is 10.2 Å². The van der Waals surface area contributed by atoms with Gasteiger partial charge < -0.3 is 15.1 Å². The number of rotatable bonds is 6. The third-order valence-corrected chi connectivity index (χ3v) is 5.51. The van der Waals surface area contributed by atoms with Gasteiger partial charge in [-0.3, -0.25) is 9.59 Å². The Labute approximate surface area is 168 Å². The molecule has 0 aromatic carbocycles. The fourth-order valence-electron chi connectivity index (χ4n) is 4.01. The Morgan fingerprint density at radius 2 is 2.14 bits per heavy atom. The molecule has 0 aliphatic carbocycles. The first-order valence-corrected chi connectivity index (χ1v) is 10.1. The monoisotopic (exact) mass is 412 g/mol. The molecule has 0 bridgehead atoms. The van der Waals surface area contributed by atoms with Crippen molar-refractivity contribution in [1.82, 2.24) is 15.2 Å². The van der Waals surface area contributed by atoms with Gasteiger partial charge >= 0.3 is 6.18 Å². The highest BCUT2D eigenvalue weighted by atomic mass is 19.4. The minimum absolute atomic E-state index is 0.113. The summed E-state index contributed by atoms with van der Waals surface area (Å²) < 4.78 is 39.9. The first-order chi connectivity index (χ1) is 13.8. The molecule has 0 radical (unpaired) electrons. The quantitative estimate of drug-likeness (QED) is 0.780. The Bertz CT molecular complexity index is 741. The first kappa shape index (κ1) is 21.4. The van der Waals surface area contributed by atoms with Crippen LogP contribution in [0.2, 0.25) is 0 Å². The van der Waals surface area contributed by atoms with Crippen LogP contribution in [0.4, 0.5) is 19.0 Å². The second-order valence-corrected chi connectivity index (χ2v) is 7.95. The molecule has 2 atom stereocenters. The number of amides is 2. The summed E-state index contributed by atoms with van der Waals surface area (Å²) in [5.41, 5.74) is -0.773. The smallest absolute Gasteiger partial charge is 0.355 e. The van der Waals surface area contributed by atoms with Gasteiger partial charge in [-0.1, -0.05) is 6.92 Å². The van der Waals surface area contributed by atoms with Crippen LogP contribution in [-0.2, 0) is 15.8 Å². The lowest BCUT2D eigenvalue weighted by molar-refractivity contribution is -0.137. The largest absolute Gasteiger partial charge is 0.419 e. The lowest BCUT2D eigenvalue weighted by atomic mass is 9.96. The van der Waals surface area contributed by atoms with Crippen LogP contribution in [0.1, 0.15) is 38.2 Å². The van der Waals surface area contributed by atoms with Crippen molar-refractivity contribution in [2.45, 2.75) is 38.8 Å². The molecule has 3 heterocycles. The topological polar surface area (TPSA) is 65.5 Å². The number of halogens is 3. The maximum absolute atomic E-state index is 13.3. The molecule has 6 nitrogen and oxygen atoms in total. The van der Waals surface area contributed by atoms with E-state index < -0.39 is 11.7 Å². The van der Waals surface area contributed by atoms with Gasteiger partial charge in [0.1, 0.15) is 5.82 Å². The van der Waals surface area contributed by atoms with Crippen LogP contribution in [0.3, 0.4) is 0 Å². The molecule has 0 unspecified atom stereocenters. The van der Waals surface area contributed by atoms with Crippen molar-refractivity contribution in [2.24, 2.45) is 11.8 Å². The number of aromatic nitrogens is 1. The number of pyridine rings is 1. The summed E-state index contributed by atoms with van der Waals surface area (Å²) in [6.07, 6.45) is -0.413. The van der Waals surface area contributed by atoms with E-state index in [1.165, 1.54) is 12.3 Å². The number of likely N-dealkylation sites (tertiary alicyclic amines) is 1. The van der Waals surface area contributed by atoms with E-state index in [1.54, 1.807) is 4.90 Å². The van der Waals surface area contributed by atoms with E-state index in [4.69, 9.17) is 0 Å². The van der Waals surface area contributed by atoms with Crippen molar-refractivity contribution in [3.05, 3.63) is 23.9 Å². The average Bonchev–Trinajstić information content (AvgIpc) is 3.10. The summed E-state index contributed by atoms with van der Waals surface area (Å²) in [7, 11) is 0. The van der Waals surface area contributed by atoms with Gasteiger partial charge in [-0.25, -0.2) is 4.98 Å². The Morgan fingerprint density at radius 1 is 1.34 bits per heavy atom. The number of alkyl halides is 3. The Kier molecular flexibility index (Phi) is 6.64. The van der Waals surface area contributed by atoms with Crippen molar-refractivity contribution in [3.8, 4) is 0 Å². The summed E-state index contributed by atoms with van der Waals surface area (Å²) in [5.74, 6) is -0.375. The lowest BCUT2D eigenvalue weighted by Crippen LogP contribution is -2.45. The molecule has 2 aliphatic heterocycles. The highest BCUT2D eigenvalue weighted by molar-refractivity contribution is 5.80. The molecular weight excluding hydrogens is 385 g/mol. The molecule has 9 heteroatoms.